The highest BCUT2D eigenvalue weighted by Crippen LogP contribution is 2.29. The van der Waals surface area contributed by atoms with Crippen molar-refractivity contribution in [3.8, 4) is 0 Å². The molecule has 1 amide bonds. The maximum atomic E-state index is 12.4. The van der Waals surface area contributed by atoms with Crippen molar-refractivity contribution in [1.82, 2.24) is 9.97 Å². The number of halogens is 3. The lowest BCUT2D eigenvalue weighted by atomic mass is 10.2. The van der Waals surface area contributed by atoms with Crippen molar-refractivity contribution in [2.24, 2.45) is 0 Å². The molecule has 0 aliphatic rings. The molecule has 0 aliphatic carbocycles. The van der Waals surface area contributed by atoms with Gasteiger partial charge in [0.25, 0.3) is 5.91 Å². The third-order valence-corrected chi connectivity index (χ3v) is 2.36. The number of rotatable bonds is 2. The van der Waals surface area contributed by atoms with Crippen molar-refractivity contribution in [2.45, 2.75) is 6.18 Å². The van der Waals surface area contributed by atoms with Crippen LogP contribution in [0.4, 0.5) is 24.7 Å². The van der Waals surface area contributed by atoms with Gasteiger partial charge in [-0.25, -0.2) is 4.98 Å². The lowest BCUT2D eigenvalue weighted by Crippen LogP contribution is -2.15. The van der Waals surface area contributed by atoms with Gasteiger partial charge in [0.15, 0.2) is 0 Å². The number of benzene rings is 1. The Bertz CT molecular complexity index is 625. The van der Waals surface area contributed by atoms with Gasteiger partial charge in [-0.15, -0.1) is 0 Å². The van der Waals surface area contributed by atoms with Crippen LogP contribution in [0.5, 0.6) is 0 Å². The first-order chi connectivity index (χ1) is 9.36. The summed E-state index contributed by atoms with van der Waals surface area (Å²) in [6.07, 6.45) is -1.94. The summed E-state index contributed by atoms with van der Waals surface area (Å²) < 4.78 is 37.1. The first-order valence-corrected chi connectivity index (χ1v) is 5.42. The second kappa shape index (κ2) is 5.16. The second-order valence-electron chi connectivity index (χ2n) is 3.86. The molecule has 1 aromatic carbocycles. The van der Waals surface area contributed by atoms with E-state index in [1.54, 1.807) is 0 Å². The lowest BCUT2D eigenvalue weighted by Gasteiger charge is -2.08. The summed E-state index contributed by atoms with van der Waals surface area (Å²) in [5.41, 5.74) is 4.78. The molecule has 2 rings (SSSR count). The molecule has 1 aromatic heterocycles. The van der Waals surface area contributed by atoms with Crippen LogP contribution < -0.4 is 11.1 Å². The topological polar surface area (TPSA) is 80.9 Å². The van der Waals surface area contributed by atoms with Crippen LogP contribution in [0.15, 0.2) is 36.7 Å². The Morgan fingerprint density at radius 1 is 1.15 bits per heavy atom. The van der Waals surface area contributed by atoms with Crippen molar-refractivity contribution < 1.29 is 18.0 Å². The molecule has 2 aromatic rings. The van der Waals surface area contributed by atoms with Gasteiger partial charge in [0.2, 0.25) is 0 Å². The van der Waals surface area contributed by atoms with Gasteiger partial charge in [-0.3, -0.25) is 9.78 Å². The van der Waals surface area contributed by atoms with Gasteiger partial charge in [-0.05, 0) is 24.3 Å². The number of aromatic nitrogens is 2. The zero-order valence-corrected chi connectivity index (χ0v) is 9.98. The first-order valence-electron chi connectivity index (χ1n) is 5.42. The Morgan fingerprint density at radius 3 is 2.35 bits per heavy atom. The number of hydrogen-bond acceptors (Lipinski definition) is 4. The van der Waals surface area contributed by atoms with Crippen LogP contribution in [-0.4, -0.2) is 15.9 Å². The molecule has 1 heterocycles. The van der Waals surface area contributed by atoms with Crippen LogP contribution >= 0.6 is 0 Å². The van der Waals surface area contributed by atoms with E-state index < -0.39 is 17.6 Å². The predicted octanol–water partition coefficient (Wildman–Crippen LogP) is 2.33. The normalized spacial score (nSPS) is 11.2. The molecule has 5 nitrogen and oxygen atoms in total. The fourth-order valence-corrected chi connectivity index (χ4v) is 1.43. The van der Waals surface area contributed by atoms with Crippen molar-refractivity contribution in [2.75, 3.05) is 11.1 Å². The van der Waals surface area contributed by atoms with Crippen LogP contribution in [0, 0.1) is 0 Å². The smallest absolute Gasteiger partial charge is 0.382 e. The standard InChI is InChI=1S/C12H9F3N4O/c13-12(14,15)7-1-3-8(4-2-7)18-11(20)9-5-17-6-10(16)19-9/h1-6H,(H2,16,19)(H,18,20). The van der Waals surface area contributed by atoms with Crippen molar-refractivity contribution in [3.63, 3.8) is 0 Å². The summed E-state index contributed by atoms with van der Waals surface area (Å²) in [6, 6.07) is 4.06. The molecule has 20 heavy (non-hydrogen) atoms. The SMILES string of the molecule is Nc1cncc(C(=O)Nc2ccc(C(F)(F)F)cc2)n1. The maximum absolute atomic E-state index is 12.4. The number of alkyl halides is 3. The molecular formula is C12H9F3N4O. The number of anilines is 2. The number of nitrogens with zero attached hydrogens (tertiary/aromatic N) is 2. The Hall–Kier alpha value is -2.64. The summed E-state index contributed by atoms with van der Waals surface area (Å²) in [4.78, 5) is 19.2. The number of nitrogen functional groups attached to an aromatic ring is 1. The monoisotopic (exact) mass is 282 g/mol. The summed E-state index contributed by atoms with van der Waals surface area (Å²) in [6.45, 7) is 0. The first kappa shape index (κ1) is 13.8. The molecule has 0 saturated heterocycles. The highest BCUT2D eigenvalue weighted by Gasteiger charge is 2.30. The van der Waals surface area contributed by atoms with E-state index in [1.807, 2.05) is 0 Å². The molecular weight excluding hydrogens is 273 g/mol. The minimum Gasteiger partial charge on any atom is -0.382 e. The molecule has 104 valence electrons. The summed E-state index contributed by atoms with van der Waals surface area (Å²) >= 11 is 0. The molecule has 8 heteroatoms. The average molecular weight is 282 g/mol. The van der Waals surface area contributed by atoms with E-state index in [0.717, 1.165) is 24.3 Å². The molecule has 0 saturated carbocycles. The fourth-order valence-electron chi connectivity index (χ4n) is 1.43. The number of nitrogens with one attached hydrogen (secondary N) is 1. The van der Waals surface area contributed by atoms with Gasteiger partial charge in [0.05, 0.1) is 18.0 Å². The number of carbonyl (C=O) groups is 1. The van der Waals surface area contributed by atoms with Crippen LogP contribution in [0.25, 0.3) is 0 Å². The van der Waals surface area contributed by atoms with Gasteiger partial charge < -0.3 is 11.1 Å². The van der Waals surface area contributed by atoms with Crippen molar-refractivity contribution in [3.05, 3.63) is 47.9 Å². The van der Waals surface area contributed by atoms with Gasteiger partial charge in [-0.2, -0.15) is 13.2 Å². The average Bonchev–Trinajstić information content (AvgIpc) is 2.38. The minimum absolute atomic E-state index is 0.0232. The molecule has 0 bridgehead atoms. The zero-order chi connectivity index (χ0) is 14.8. The summed E-state index contributed by atoms with van der Waals surface area (Å²) in [5, 5.41) is 2.40. The molecule has 0 radical (unpaired) electrons. The maximum Gasteiger partial charge on any atom is 0.416 e. The minimum atomic E-state index is -4.41. The zero-order valence-electron chi connectivity index (χ0n) is 9.98. The predicted molar refractivity (Wildman–Crippen MR) is 65.8 cm³/mol. The summed E-state index contributed by atoms with van der Waals surface area (Å²) in [5.74, 6) is -0.533. The molecule has 3 N–H and O–H groups in total. The largest absolute Gasteiger partial charge is 0.416 e. The van der Waals surface area contributed by atoms with E-state index in [9.17, 15) is 18.0 Å². The quantitative estimate of drug-likeness (QED) is 0.885. The number of hydrogen-bond donors (Lipinski definition) is 2. The molecule has 0 fully saturated rings. The number of nitrogens with two attached hydrogens (primary N) is 1. The Kier molecular flexibility index (Phi) is 3.55. The van der Waals surface area contributed by atoms with Gasteiger partial charge >= 0.3 is 6.18 Å². The van der Waals surface area contributed by atoms with Crippen molar-refractivity contribution in [1.29, 1.82) is 0 Å². The van der Waals surface area contributed by atoms with Crippen LogP contribution in [0.2, 0.25) is 0 Å². The molecule has 0 unspecified atom stereocenters. The van der Waals surface area contributed by atoms with E-state index >= 15 is 0 Å². The van der Waals surface area contributed by atoms with E-state index in [1.165, 1.54) is 12.4 Å². The van der Waals surface area contributed by atoms with E-state index in [0.29, 0.717) is 0 Å². The highest BCUT2D eigenvalue weighted by molar-refractivity contribution is 6.02. The Balaban J connectivity index is 2.12. The molecule has 0 spiro atoms. The van der Waals surface area contributed by atoms with Crippen molar-refractivity contribution >= 4 is 17.4 Å². The van der Waals surface area contributed by atoms with Crippen LogP contribution in [0.3, 0.4) is 0 Å². The number of carbonyl (C=O) groups excluding carboxylic acids is 1. The van der Waals surface area contributed by atoms with Gasteiger partial charge in [0, 0.05) is 5.69 Å². The third kappa shape index (κ3) is 3.22. The lowest BCUT2D eigenvalue weighted by molar-refractivity contribution is -0.137. The molecule has 0 atom stereocenters. The Labute approximate surface area is 111 Å². The van der Waals surface area contributed by atoms with E-state index in [4.69, 9.17) is 5.73 Å². The summed E-state index contributed by atoms with van der Waals surface area (Å²) in [7, 11) is 0. The van der Waals surface area contributed by atoms with E-state index in [2.05, 4.69) is 15.3 Å². The Morgan fingerprint density at radius 2 is 1.80 bits per heavy atom. The van der Waals surface area contributed by atoms with E-state index in [-0.39, 0.29) is 17.2 Å². The number of amides is 1. The fraction of sp³-hybridized carbons (Fsp3) is 0.0833. The second-order valence-corrected chi connectivity index (χ2v) is 3.86. The third-order valence-electron chi connectivity index (χ3n) is 2.36. The van der Waals surface area contributed by atoms with Crippen LogP contribution in [0.1, 0.15) is 16.1 Å². The van der Waals surface area contributed by atoms with Gasteiger partial charge in [0.1, 0.15) is 11.5 Å². The highest BCUT2D eigenvalue weighted by atomic mass is 19.4. The van der Waals surface area contributed by atoms with Gasteiger partial charge in [-0.1, -0.05) is 0 Å². The van der Waals surface area contributed by atoms with Crippen LogP contribution in [-0.2, 0) is 6.18 Å². The molecule has 0 aliphatic heterocycles.